The maximum atomic E-state index is 13.3. The van der Waals surface area contributed by atoms with E-state index in [4.69, 9.17) is 0 Å². The van der Waals surface area contributed by atoms with E-state index in [-0.39, 0.29) is 5.56 Å². The van der Waals surface area contributed by atoms with Crippen molar-refractivity contribution in [3.8, 4) is 16.9 Å². The third-order valence-electron chi connectivity index (χ3n) is 5.37. The van der Waals surface area contributed by atoms with E-state index in [0.29, 0.717) is 23.5 Å². The second kappa shape index (κ2) is 7.08. The van der Waals surface area contributed by atoms with E-state index in [9.17, 15) is 9.70 Å². The Bertz CT molecular complexity index is 1410. The molecule has 0 bridgehead atoms. The van der Waals surface area contributed by atoms with Gasteiger partial charge in [-0.1, -0.05) is 48.5 Å². The zero-order valence-corrected chi connectivity index (χ0v) is 16.3. The predicted octanol–water partition coefficient (Wildman–Crippen LogP) is 5.05. The second-order valence-corrected chi connectivity index (χ2v) is 7.30. The SMILES string of the molecule is Cc1ccccc1-n1nc2c3ccccc3n(Cc3ccc(N=O)cc3)cc-2c1=O. The Hall–Kier alpha value is -4.06. The zero-order chi connectivity index (χ0) is 20.7. The van der Waals surface area contributed by atoms with Crippen LogP contribution in [0.15, 0.2) is 89.0 Å². The molecule has 0 aromatic heterocycles. The lowest BCUT2D eigenvalue weighted by molar-refractivity contribution is 0.827. The fraction of sp³-hybridized carbons (Fsp3) is 0.0833. The van der Waals surface area contributed by atoms with Crippen LogP contribution in [0.5, 0.6) is 0 Å². The number of aryl methyl sites for hydroxylation is 1. The Morgan fingerprint density at radius 2 is 1.67 bits per heavy atom. The maximum Gasteiger partial charge on any atom is 0.282 e. The van der Waals surface area contributed by atoms with Gasteiger partial charge in [0.15, 0.2) is 0 Å². The summed E-state index contributed by atoms with van der Waals surface area (Å²) in [6, 6.07) is 22.8. The summed E-state index contributed by atoms with van der Waals surface area (Å²) in [5.41, 5.74) is 5.28. The topological polar surface area (TPSA) is 69.2 Å². The number of pyridine rings is 1. The highest BCUT2D eigenvalue weighted by molar-refractivity contribution is 5.93. The molecule has 2 aliphatic rings. The molecule has 0 spiro atoms. The summed E-state index contributed by atoms with van der Waals surface area (Å²) in [7, 11) is 0. The predicted molar refractivity (Wildman–Crippen MR) is 118 cm³/mol. The number of para-hydroxylation sites is 2. The van der Waals surface area contributed by atoms with Gasteiger partial charge in [0.05, 0.1) is 16.8 Å². The van der Waals surface area contributed by atoms with Crippen LogP contribution in [-0.2, 0) is 6.54 Å². The maximum absolute atomic E-state index is 13.3. The van der Waals surface area contributed by atoms with Gasteiger partial charge >= 0.3 is 0 Å². The normalized spacial score (nSPS) is 11.2. The average Bonchev–Trinajstić information content (AvgIpc) is 3.11. The van der Waals surface area contributed by atoms with Crippen molar-refractivity contribution in [1.82, 2.24) is 14.3 Å². The molecule has 5 rings (SSSR count). The number of nitrogens with zero attached hydrogens (tertiary/aromatic N) is 4. The molecule has 0 unspecified atom stereocenters. The first-order chi connectivity index (χ1) is 14.7. The molecule has 6 heteroatoms. The van der Waals surface area contributed by atoms with Crippen LogP contribution in [0.2, 0.25) is 0 Å². The molecule has 0 aliphatic carbocycles. The number of benzene rings is 3. The van der Waals surface area contributed by atoms with Gasteiger partial charge in [-0.2, -0.15) is 9.78 Å². The lowest BCUT2D eigenvalue weighted by atomic mass is 10.1. The van der Waals surface area contributed by atoms with Crippen molar-refractivity contribution in [2.75, 3.05) is 0 Å². The summed E-state index contributed by atoms with van der Waals surface area (Å²) >= 11 is 0. The van der Waals surface area contributed by atoms with Crippen LogP contribution >= 0.6 is 0 Å². The molecular weight excluding hydrogens is 376 g/mol. The number of aromatic nitrogens is 3. The molecule has 0 amide bonds. The Labute approximate surface area is 172 Å². The van der Waals surface area contributed by atoms with Crippen LogP contribution in [-0.4, -0.2) is 14.3 Å². The molecule has 2 heterocycles. The Morgan fingerprint density at radius 3 is 2.43 bits per heavy atom. The smallest absolute Gasteiger partial charge is 0.282 e. The quantitative estimate of drug-likeness (QED) is 0.401. The summed E-state index contributed by atoms with van der Waals surface area (Å²) < 4.78 is 3.54. The van der Waals surface area contributed by atoms with Gasteiger partial charge in [0.1, 0.15) is 11.4 Å². The zero-order valence-electron chi connectivity index (χ0n) is 16.3. The summed E-state index contributed by atoms with van der Waals surface area (Å²) in [6.07, 6.45) is 1.87. The van der Waals surface area contributed by atoms with Crippen molar-refractivity contribution >= 4 is 16.6 Å². The third-order valence-corrected chi connectivity index (χ3v) is 5.37. The van der Waals surface area contributed by atoms with Crippen molar-refractivity contribution in [3.63, 3.8) is 0 Å². The van der Waals surface area contributed by atoms with Crippen molar-refractivity contribution in [2.45, 2.75) is 13.5 Å². The van der Waals surface area contributed by atoms with E-state index < -0.39 is 0 Å². The second-order valence-electron chi connectivity index (χ2n) is 7.30. The van der Waals surface area contributed by atoms with Gasteiger partial charge in [-0.15, -0.1) is 4.91 Å². The van der Waals surface area contributed by atoms with Gasteiger partial charge in [0.25, 0.3) is 5.56 Å². The lowest BCUT2D eigenvalue weighted by Crippen LogP contribution is -2.16. The molecule has 0 fully saturated rings. The van der Waals surface area contributed by atoms with Gasteiger partial charge < -0.3 is 4.57 Å². The number of hydrogen-bond donors (Lipinski definition) is 0. The summed E-state index contributed by atoms with van der Waals surface area (Å²) in [6.45, 7) is 2.53. The van der Waals surface area contributed by atoms with Crippen LogP contribution in [0.1, 0.15) is 11.1 Å². The first-order valence-corrected chi connectivity index (χ1v) is 9.65. The molecule has 0 atom stereocenters. The largest absolute Gasteiger partial charge is 0.342 e. The molecule has 0 N–H and O–H groups in total. The van der Waals surface area contributed by atoms with Gasteiger partial charge in [-0.25, -0.2) is 0 Å². The molecular formula is C24H18N4O2. The molecule has 0 saturated carbocycles. The third kappa shape index (κ3) is 2.90. The van der Waals surface area contributed by atoms with E-state index in [2.05, 4.69) is 10.3 Å². The standard InChI is InChI=1S/C24H18N4O2/c1-16-6-2-4-8-21(16)28-24(29)20-15-27(14-17-10-12-18(26-30)13-11-17)22-9-5-3-7-19(22)23(20)25-28/h2-13,15H,14H2,1H3. The monoisotopic (exact) mass is 394 g/mol. The Balaban J connectivity index is 1.72. The van der Waals surface area contributed by atoms with Gasteiger partial charge in [-0.3, -0.25) is 4.79 Å². The van der Waals surface area contributed by atoms with E-state index in [1.165, 1.54) is 4.68 Å². The minimum absolute atomic E-state index is 0.140. The van der Waals surface area contributed by atoms with Crippen LogP contribution < -0.4 is 5.56 Å². The Morgan fingerprint density at radius 1 is 0.933 bits per heavy atom. The van der Waals surface area contributed by atoms with E-state index in [1.807, 2.05) is 78.4 Å². The minimum Gasteiger partial charge on any atom is -0.342 e. The van der Waals surface area contributed by atoms with Crippen LogP contribution in [0, 0.1) is 11.8 Å². The van der Waals surface area contributed by atoms with Gasteiger partial charge in [0.2, 0.25) is 0 Å². The molecule has 0 radical (unpaired) electrons. The van der Waals surface area contributed by atoms with Crippen molar-refractivity contribution < 1.29 is 0 Å². The van der Waals surface area contributed by atoms with E-state index >= 15 is 0 Å². The van der Waals surface area contributed by atoms with Crippen molar-refractivity contribution in [1.29, 1.82) is 0 Å². The van der Waals surface area contributed by atoms with Crippen LogP contribution in [0.3, 0.4) is 0 Å². The van der Waals surface area contributed by atoms with Crippen molar-refractivity contribution in [3.05, 3.63) is 105 Å². The molecule has 146 valence electrons. The number of nitroso groups, excluding NO2 is 1. The molecule has 2 aliphatic heterocycles. The first kappa shape index (κ1) is 18.0. The van der Waals surface area contributed by atoms with Crippen LogP contribution in [0.4, 0.5) is 5.69 Å². The molecule has 6 nitrogen and oxygen atoms in total. The summed E-state index contributed by atoms with van der Waals surface area (Å²) in [4.78, 5) is 23.9. The van der Waals surface area contributed by atoms with Gasteiger partial charge in [-0.05, 0) is 47.5 Å². The molecule has 0 saturated heterocycles. The highest BCUT2D eigenvalue weighted by atomic mass is 16.3. The highest BCUT2D eigenvalue weighted by Gasteiger charge is 2.21. The van der Waals surface area contributed by atoms with E-state index in [0.717, 1.165) is 27.7 Å². The Kier molecular flexibility index (Phi) is 4.25. The van der Waals surface area contributed by atoms with Crippen molar-refractivity contribution in [2.24, 2.45) is 5.18 Å². The average molecular weight is 394 g/mol. The number of hydrogen-bond acceptors (Lipinski definition) is 4. The first-order valence-electron chi connectivity index (χ1n) is 9.65. The van der Waals surface area contributed by atoms with Crippen LogP contribution in [0.25, 0.3) is 27.8 Å². The summed E-state index contributed by atoms with van der Waals surface area (Å²) in [5.74, 6) is 0. The highest BCUT2D eigenvalue weighted by Crippen LogP contribution is 2.29. The minimum atomic E-state index is -0.140. The molecule has 3 aromatic rings. The molecule has 30 heavy (non-hydrogen) atoms. The number of fused-ring (bicyclic) bond motifs is 3. The fourth-order valence-corrected chi connectivity index (χ4v) is 3.83. The van der Waals surface area contributed by atoms with Gasteiger partial charge in [0, 0.05) is 18.1 Å². The number of rotatable bonds is 4. The lowest BCUT2D eigenvalue weighted by Gasteiger charge is -2.14. The molecule has 3 aromatic carbocycles. The summed E-state index contributed by atoms with van der Waals surface area (Å²) in [5, 5.41) is 8.56. The fourth-order valence-electron chi connectivity index (χ4n) is 3.83. The van der Waals surface area contributed by atoms with E-state index in [1.54, 1.807) is 12.1 Å².